The average molecular weight is 226 g/mol. The fourth-order valence-electron chi connectivity index (χ4n) is 2.45. The summed E-state index contributed by atoms with van der Waals surface area (Å²) >= 11 is 0. The number of hydrogen-bond donors (Lipinski definition) is 1. The summed E-state index contributed by atoms with van der Waals surface area (Å²) in [6.45, 7) is 4.06. The van der Waals surface area contributed by atoms with Crippen LogP contribution in [0.25, 0.3) is 10.8 Å². The van der Waals surface area contributed by atoms with Gasteiger partial charge in [-0.1, -0.05) is 38.1 Å². The van der Waals surface area contributed by atoms with E-state index in [0.29, 0.717) is 0 Å². The number of anilines is 1. The molecule has 0 saturated heterocycles. The molecule has 1 N–H and O–H groups in total. The van der Waals surface area contributed by atoms with Crippen LogP contribution in [0, 0.1) is 5.92 Å². The highest BCUT2D eigenvalue weighted by atomic mass is 16.2. The zero-order chi connectivity index (χ0) is 12.0. The monoisotopic (exact) mass is 226 g/mol. The SMILES string of the molecule is CC1C(=O)Nc2ncc3ccccc3c2C1C. The quantitative estimate of drug-likeness (QED) is 0.750. The van der Waals surface area contributed by atoms with Crippen molar-refractivity contribution in [1.29, 1.82) is 0 Å². The van der Waals surface area contributed by atoms with Gasteiger partial charge in [0.15, 0.2) is 0 Å². The predicted molar refractivity (Wildman–Crippen MR) is 68.0 cm³/mol. The molecule has 0 bridgehead atoms. The van der Waals surface area contributed by atoms with Crippen LogP contribution >= 0.6 is 0 Å². The molecule has 17 heavy (non-hydrogen) atoms. The normalized spacial score (nSPS) is 23.3. The Bertz CT molecular complexity index is 606. The third-order valence-corrected chi connectivity index (χ3v) is 3.70. The second kappa shape index (κ2) is 3.55. The highest BCUT2D eigenvalue weighted by Crippen LogP contribution is 2.38. The molecule has 2 unspecified atom stereocenters. The molecule has 2 aromatic rings. The van der Waals surface area contributed by atoms with Crippen LogP contribution in [0.5, 0.6) is 0 Å². The first-order chi connectivity index (χ1) is 8.18. The number of rotatable bonds is 0. The minimum Gasteiger partial charge on any atom is -0.310 e. The van der Waals surface area contributed by atoms with Crippen LogP contribution < -0.4 is 5.32 Å². The Kier molecular flexibility index (Phi) is 2.15. The zero-order valence-corrected chi connectivity index (χ0v) is 9.90. The number of carbonyl (C=O) groups is 1. The Morgan fingerprint density at radius 3 is 2.76 bits per heavy atom. The third-order valence-electron chi connectivity index (χ3n) is 3.70. The van der Waals surface area contributed by atoms with E-state index < -0.39 is 0 Å². The van der Waals surface area contributed by atoms with Gasteiger partial charge in [-0.15, -0.1) is 0 Å². The van der Waals surface area contributed by atoms with Crippen molar-refractivity contribution >= 4 is 22.5 Å². The minimum absolute atomic E-state index is 0.00453. The number of nitrogens with one attached hydrogen (secondary N) is 1. The van der Waals surface area contributed by atoms with Crippen molar-refractivity contribution in [1.82, 2.24) is 4.98 Å². The van der Waals surface area contributed by atoms with Crippen LogP contribution in [-0.4, -0.2) is 10.9 Å². The maximum Gasteiger partial charge on any atom is 0.228 e. The fourth-order valence-corrected chi connectivity index (χ4v) is 2.45. The highest BCUT2D eigenvalue weighted by molar-refractivity contribution is 6.00. The van der Waals surface area contributed by atoms with Gasteiger partial charge in [0.1, 0.15) is 5.82 Å². The van der Waals surface area contributed by atoms with Gasteiger partial charge in [0.25, 0.3) is 0 Å². The molecule has 0 spiro atoms. The molecule has 0 radical (unpaired) electrons. The van der Waals surface area contributed by atoms with Gasteiger partial charge in [-0.25, -0.2) is 4.98 Å². The van der Waals surface area contributed by atoms with Crippen LogP contribution in [0.1, 0.15) is 25.3 Å². The first-order valence-corrected chi connectivity index (χ1v) is 5.87. The number of benzene rings is 1. The lowest BCUT2D eigenvalue weighted by atomic mass is 9.83. The Labute approximate surface area is 99.9 Å². The summed E-state index contributed by atoms with van der Waals surface area (Å²) in [7, 11) is 0. The number of fused-ring (bicyclic) bond motifs is 3. The van der Waals surface area contributed by atoms with Gasteiger partial charge in [-0.05, 0) is 11.3 Å². The number of aromatic nitrogens is 1. The highest BCUT2D eigenvalue weighted by Gasteiger charge is 2.31. The molecule has 0 fully saturated rings. The van der Waals surface area contributed by atoms with E-state index >= 15 is 0 Å². The van der Waals surface area contributed by atoms with Crippen LogP contribution in [0.2, 0.25) is 0 Å². The van der Waals surface area contributed by atoms with Crippen molar-refractivity contribution in [3.63, 3.8) is 0 Å². The summed E-state index contributed by atoms with van der Waals surface area (Å²) in [4.78, 5) is 16.1. The number of nitrogens with zero attached hydrogens (tertiary/aromatic N) is 1. The summed E-state index contributed by atoms with van der Waals surface area (Å²) in [6.07, 6.45) is 1.82. The summed E-state index contributed by atoms with van der Waals surface area (Å²) in [5, 5.41) is 5.20. The molecular formula is C14H14N2O. The van der Waals surface area contributed by atoms with Crippen molar-refractivity contribution in [3.8, 4) is 0 Å². The van der Waals surface area contributed by atoms with Crippen molar-refractivity contribution in [3.05, 3.63) is 36.0 Å². The second-order valence-corrected chi connectivity index (χ2v) is 4.67. The Morgan fingerprint density at radius 2 is 1.94 bits per heavy atom. The zero-order valence-electron chi connectivity index (χ0n) is 9.90. The number of pyridine rings is 1. The molecule has 0 aliphatic carbocycles. The molecule has 3 rings (SSSR count). The summed E-state index contributed by atoms with van der Waals surface area (Å²) < 4.78 is 0. The molecular weight excluding hydrogens is 212 g/mol. The van der Waals surface area contributed by atoms with Gasteiger partial charge >= 0.3 is 0 Å². The average Bonchev–Trinajstić information content (AvgIpc) is 2.35. The van der Waals surface area contributed by atoms with Crippen LogP contribution in [-0.2, 0) is 4.79 Å². The molecule has 1 aromatic heterocycles. The lowest BCUT2D eigenvalue weighted by Crippen LogP contribution is -2.31. The summed E-state index contributed by atoms with van der Waals surface area (Å²) in [5.41, 5.74) is 1.16. The minimum atomic E-state index is -0.00453. The van der Waals surface area contributed by atoms with Crippen LogP contribution in [0.3, 0.4) is 0 Å². The lowest BCUT2D eigenvalue weighted by Gasteiger charge is -2.28. The van der Waals surface area contributed by atoms with Gasteiger partial charge in [-0.3, -0.25) is 4.79 Å². The molecule has 3 heteroatoms. The Balaban J connectivity index is 2.32. The van der Waals surface area contributed by atoms with Crippen molar-refractivity contribution in [2.45, 2.75) is 19.8 Å². The van der Waals surface area contributed by atoms with E-state index in [0.717, 1.165) is 16.8 Å². The second-order valence-electron chi connectivity index (χ2n) is 4.67. The van der Waals surface area contributed by atoms with E-state index in [1.165, 1.54) is 5.39 Å². The van der Waals surface area contributed by atoms with Crippen molar-refractivity contribution in [2.75, 3.05) is 5.32 Å². The van der Waals surface area contributed by atoms with E-state index in [-0.39, 0.29) is 17.7 Å². The van der Waals surface area contributed by atoms with Crippen molar-refractivity contribution in [2.24, 2.45) is 5.92 Å². The number of carbonyl (C=O) groups excluding carboxylic acids is 1. The summed E-state index contributed by atoms with van der Waals surface area (Å²) in [6, 6.07) is 8.18. The van der Waals surface area contributed by atoms with Gasteiger partial charge in [0.05, 0.1) is 0 Å². The topological polar surface area (TPSA) is 42.0 Å². The maximum absolute atomic E-state index is 11.8. The van der Waals surface area contributed by atoms with Gasteiger partial charge in [0, 0.05) is 23.1 Å². The molecule has 1 aliphatic rings. The number of hydrogen-bond acceptors (Lipinski definition) is 2. The molecule has 1 aromatic carbocycles. The van der Waals surface area contributed by atoms with Crippen molar-refractivity contribution < 1.29 is 4.79 Å². The Hall–Kier alpha value is -1.90. The van der Waals surface area contributed by atoms with Gasteiger partial charge in [-0.2, -0.15) is 0 Å². The molecule has 2 atom stereocenters. The van der Waals surface area contributed by atoms with Crippen LogP contribution in [0.15, 0.2) is 30.5 Å². The van der Waals surface area contributed by atoms with E-state index in [9.17, 15) is 4.79 Å². The van der Waals surface area contributed by atoms with Crippen LogP contribution in [0.4, 0.5) is 5.82 Å². The largest absolute Gasteiger partial charge is 0.310 e. The molecule has 86 valence electrons. The molecule has 1 aliphatic heterocycles. The standard InChI is InChI=1S/C14H14N2O/c1-8-9(2)14(17)16-13-12(8)11-6-4-3-5-10(11)7-15-13/h3-9H,1-2H3,(H,15,16,17). The molecule has 3 nitrogen and oxygen atoms in total. The molecule has 0 saturated carbocycles. The third kappa shape index (κ3) is 1.42. The molecule has 2 heterocycles. The smallest absolute Gasteiger partial charge is 0.228 e. The summed E-state index contributed by atoms with van der Waals surface area (Å²) in [5.74, 6) is 0.986. The van der Waals surface area contributed by atoms with E-state index in [1.807, 2.05) is 25.3 Å². The first-order valence-electron chi connectivity index (χ1n) is 5.87. The number of amides is 1. The molecule has 1 amide bonds. The lowest BCUT2D eigenvalue weighted by molar-refractivity contribution is -0.120. The maximum atomic E-state index is 11.8. The first kappa shape index (κ1) is 10.3. The Morgan fingerprint density at radius 1 is 1.18 bits per heavy atom. The van der Waals surface area contributed by atoms with Gasteiger partial charge < -0.3 is 5.32 Å². The van der Waals surface area contributed by atoms with E-state index in [1.54, 1.807) is 0 Å². The fraction of sp³-hybridized carbons (Fsp3) is 0.286. The predicted octanol–water partition coefficient (Wildman–Crippen LogP) is 2.93. The van der Waals surface area contributed by atoms with E-state index in [4.69, 9.17) is 0 Å². The van der Waals surface area contributed by atoms with E-state index in [2.05, 4.69) is 29.4 Å². The van der Waals surface area contributed by atoms with Gasteiger partial charge in [0.2, 0.25) is 5.91 Å².